The van der Waals surface area contributed by atoms with Crippen LogP contribution < -0.4 is 0 Å². The second-order valence-corrected chi connectivity index (χ2v) is 7.98. The third kappa shape index (κ3) is 4.85. The van der Waals surface area contributed by atoms with Crippen LogP contribution in [0.3, 0.4) is 0 Å². The fourth-order valence-corrected chi connectivity index (χ4v) is 3.47. The molecule has 3 nitrogen and oxygen atoms in total. The molecule has 3 rings (SSSR count). The van der Waals surface area contributed by atoms with Crippen LogP contribution in [0.1, 0.15) is 42.4 Å². The summed E-state index contributed by atoms with van der Waals surface area (Å²) in [4.78, 5) is 15.2. The van der Waals surface area contributed by atoms with Gasteiger partial charge in [0.25, 0.3) is 5.91 Å². The molecular weight excluding hydrogens is 368 g/mol. The molecule has 0 N–H and O–H groups in total. The van der Waals surface area contributed by atoms with Gasteiger partial charge in [-0.3, -0.25) is 4.79 Å². The molecule has 0 saturated heterocycles. The molecule has 0 bridgehead atoms. The van der Waals surface area contributed by atoms with Crippen LogP contribution in [0.25, 0.3) is 0 Å². The molecule has 0 fully saturated rings. The largest absolute Gasteiger partial charge is 0.345 e. The number of aromatic nitrogens is 1. The van der Waals surface area contributed by atoms with E-state index >= 15 is 0 Å². The van der Waals surface area contributed by atoms with Crippen LogP contribution in [-0.2, 0) is 13.1 Å². The number of benzene rings is 2. The van der Waals surface area contributed by atoms with E-state index in [1.165, 1.54) is 0 Å². The molecule has 0 aliphatic rings. The Kier molecular flexibility index (Phi) is 6.58. The normalized spacial score (nSPS) is 12.2. The first-order chi connectivity index (χ1) is 13.5. The minimum atomic E-state index is 0.0669. The van der Waals surface area contributed by atoms with E-state index in [1.54, 1.807) is 0 Å². The highest BCUT2D eigenvalue weighted by molar-refractivity contribution is 6.30. The number of carbonyl (C=O) groups excluding carboxylic acids is 1. The molecular formula is C24H27ClN2O. The zero-order valence-corrected chi connectivity index (χ0v) is 17.4. The number of rotatable bonds is 7. The maximum atomic E-state index is 13.2. The van der Waals surface area contributed by atoms with Gasteiger partial charge in [-0.1, -0.05) is 55.8 Å². The molecule has 1 aromatic heterocycles. The lowest BCUT2D eigenvalue weighted by atomic mass is 10.0. The number of amides is 1. The Labute approximate surface area is 172 Å². The Morgan fingerprint density at radius 3 is 2.43 bits per heavy atom. The lowest BCUT2D eigenvalue weighted by Crippen LogP contribution is -2.41. The minimum absolute atomic E-state index is 0.0669. The first-order valence-corrected chi connectivity index (χ1v) is 10.1. The first-order valence-electron chi connectivity index (χ1n) is 9.70. The molecule has 1 heterocycles. The Bertz CT molecular complexity index is 917. The van der Waals surface area contributed by atoms with Gasteiger partial charge in [0.15, 0.2) is 0 Å². The van der Waals surface area contributed by atoms with Gasteiger partial charge in [0.1, 0.15) is 0 Å². The van der Waals surface area contributed by atoms with E-state index in [0.29, 0.717) is 12.5 Å². The summed E-state index contributed by atoms with van der Waals surface area (Å²) in [6.07, 6.45) is 2.06. The van der Waals surface area contributed by atoms with Crippen LogP contribution in [0.4, 0.5) is 0 Å². The second-order valence-electron chi connectivity index (χ2n) is 7.54. The van der Waals surface area contributed by atoms with E-state index in [4.69, 9.17) is 11.6 Å². The molecule has 3 aromatic rings. The van der Waals surface area contributed by atoms with Crippen molar-refractivity contribution in [3.63, 3.8) is 0 Å². The monoisotopic (exact) mass is 394 g/mol. The zero-order chi connectivity index (χ0) is 20.1. The number of halogens is 1. The van der Waals surface area contributed by atoms with Gasteiger partial charge in [0.2, 0.25) is 0 Å². The van der Waals surface area contributed by atoms with Gasteiger partial charge >= 0.3 is 0 Å². The third-order valence-corrected chi connectivity index (χ3v) is 5.47. The fourth-order valence-electron chi connectivity index (χ4n) is 3.26. The average Bonchev–Trinajstić information content (AvgIpc) is 3.12. The average molecular weight is 395 g/mol. The lowest BCUT2D eigenvalue weighted by molar-refractivity contribution is 0.0622. The van der Waals surface area contributed by atoms with E-state index in [0.717, 1.165) is 28.4 Å². The summed E-state index contributed by atoms with van der Waals surface area (Å²) in [6, 6.07) is 21.7. The third-order valence-electron chi connectivity index (χ3n) is 5.24. The Hall–Kier alpha value is -2.52. The van der Waals surface area contributed by atoms with Crippen LogP contribution in [0, 0.1) is 5.92 Å². The molecule has 28 heavy (non-hydrogen) atoms. The lowest BCUT2D eigenvalue weighted by Gasteiger charge is -2.32. The predicted molar refractivity (Wildman–Crippen MR) is 116 cm³/mol. The quantitative estimate of drug-likeness (QED) is 0.491. The second kappa shape index (κ2) is 9.11. The van der Waals surface area contributed by atoms with E-state index in [1.807, 2.05) is 59.5 Å². The molecule has 146 valence electrons. The summed E-state index contributed by atoms with van der Waals surface area (Å²) >= 11 is 6.13. The standard InChI is InChI=1S/C24H27ClN2O/c1-18(2)19(3)27(24(28)21-10-5-4-6-11-21)17-23-13-8-14-26(23)16-20-9-7-12-22(25)15-20/h4-15,18-19H,16-17H2,1-3H3. The predicted octanol–water partition coefficient (Wildman–Crippen LogP) is 5.88. The van der Waals surface area contributed by atoms with Crippen molar-refractivity contribution >= 4 is 17.5 Å². The SMILES string of the molecule is CC(C)C(C)N(Cc1cccn1Cc1cccc(Cl)c1)C(=O)c1ccccc1. The van der Waals surface area contributed by atoms with E-state index < -0.39 is 0 Å². The molecule has 1 atom stereocenters. The highest BCUT2D eigenvalue weighted by Gasteiger charge is 2.24. The van der Waals surface area contributed by atoms with E-state index in [9.17, 15) is 4.79 Å². The van der Waals surface area contributed by atoms with Crippen LogP contribution in [0.5, 0.6) is 0 Å². The summed E-state index contributed by atoms with van der Waals surface area (Å²) in [7, 11) is 0. The molecule has 0 aliphatic carbocycles. The van der Waals surface area contributed by atoms with E-state index in [2.05, 4.69) is 43.7 Å². The van der Waals surface area contributed by atoms with Crippen molar-refractivity contribution in [1.82, 2.24) is 9.47 Å². The Morgan fingerprint density at radius 1 is 1.00 bits per heavy atom. The first kappa shape index (κ1) is 20.2. The number of hydrogen-bond acceptors (Lipinski definition) is 1. The molecule has 1 amide bonds. The van der Waals surface area contributed by atoms with Gasteiger partial charge in [-0.25, -0.2) is 0 Å². The zero-order valence-electron chi connectivity index (χ0n) is 16.7. The molecule has 0 radical (unpaired) electrons. The molecule has 0 spiro atoms. The molecule has 0 aliphatic heterocycles. The summed E-state index contributed by atoms with van der Waals surface area (Å²) in [6.45, 7) is 7.73. The van der Waals surface area contributed by atoms with Crippen molar-refractivity contribution in [2.45, 2.75) is 39.9 Å². The number of carbonyl (C=O) groups is 1. The summed E-state index contributed by atoms with van der Waals surface area (Å²) in [5.41, 5.74) is 2.97. The van der Waals surface area contributed by atoms with Gasteiger partial charge in [-0.15, -0.1) is 0 Å². The summed E-state index contributed by atoms with van der Waals surface area (Å²) in [5, 5.41) is 0.737. The van der Waals surface area contributed by atoms with Crippen molar-refractivity contribution in [2.75, 3.05) is 0 Å². The maximum Gasteiger partial charge on any atom is 0.254 e. The van der Waals surface area contributed by atoms with Crippen molar-refractivity contribution in [1.29, 1.82) is 0 Å². The van der Waals surface area contributed by atoms with Gasteiger partial charge in [0, 0.05) is 35.1 Å². The summed E-state index contributed by atoms with van der Waals surface area (Å²) < 4.78 is 2.18. The highest BCUT2D eigenvalue weighted by atomic mass is 35.5. The summed E-state index contributed by atoms with van der Waals surface area (Å²) in [5.74, 6) is 0.432. The minimum Gasteiger partial charge on any atom is -0.345 e. The molecule has 0 saturated carbocycles. The van der Waals surface area contributed by atoms with E-state index in [-0.39, 0.29) is 11.9 Å². The molecule has 1 unspecified atom stereocenters. The van der Waals surface area contributed by atoms with Crippen molar-refractivity contribution < 1.29 is 4.79 Å². The Morgan fingerprint density at radius 2 is 1.75 bits per heavy atom. The molecule has 2 aromatic carbocycles. The van der Waals surface area contributed by atoms with Crippen molar-refractivity contribution in [3.05, 3.63) is 94.8 Å². The van der Waals surface area contributed by atoms with Gasteiger partial charge in [-0.05, 0) is 54.8 Å². The van der Waals surface area contributed by atoms with Crippen LogP contribution in [-0.4, -0.2) is 21.4 Å². The number of hydrogen-bond donors (Lipinski definition) is 0. The molecule has 4 heteroatoms. The Balaban J connectivity index is 1.85. The maximum absolute atomic E-state index is 13.2. The van der Waals surface area contributed by atoms with Crippen LogP contribution in [0.15, 0.2) is 72.9 Å². The van der Waals surface area contributed by atoms with Crippen molar-refractivity contribution in [3.8, 4) is 0 Å². The topological polar surface area (TPSA) is 25.2 Å². The smallest absolute Gasteiger partial charge is 0.254 e. The van der Waals surface area contributed by atoms with Crippen molar-refractivity contribution in [2.24, 2.45) is 5.92 Å². The van der Waals surface area contributed by atoms with Gasteiger partial charge in [0.05, 0.1) is 6.54 Å². The van der Waals surface area contributed by atoms with Crippen LogP contribution >= 0.6 is 11.6 Å². The fraction of sp³-hybridized carbons (Fsp3) is 0.292. The highest BCUT2D eigenvalue weighted by Crippen LogP contribution is 2.20. The van der Waals surface area contributed by atoms with Crippen LogP contribution in [0.2, 0.25) is 5.02 Å². The van der Waals surface area contributed by atoms with Gasteiger partial charge in [-0.2, -0.15) is 0 Å². The number of nitrogens with zero attached hydrogens (tertiary/aromatic N) is 2. The van der Waals surface area contributed by atoms with Gasteiger partial charge < -0.3 is 9.47 Å².